The van der Waals surface area contributed by atoms with Crippen LogP contribution < -0.4 is 0 Å². The number of urea groups is 1. The van der Waals surface area contributed by atoms with Gasteiger partial charge in [-0.05, 0) is 12.8 Å². The minimum Gasteiger partial charge on any atom is -0.311 e. The Balaban J connectivity index is 1.86. The number of thiazole rings is 1. The molecule has 2 atom stereocenters. The summed E-state index contributed by atoms with van der Waals surface area (Å²) in [4.78, 5) is 16.6. The van der Waals surface area contributed by atoms with Crippen LogP contribution >= 0.6 is 11.3 Å². The van der Waals surface area contributed by atoms with Gasteiger partial charge >= 0.3 is 22.4 Å². The van der Waals surface area contributed by atoms with Crippen LogP contribution in [-0.2, 0) is 20.6 Å². The highest BCUT2D eigenvalue weighted by Crippen LogP contribution is 2.43. The Hall–Kier alpha value is -1.37. The maximum atomic E-state index is 14.5. The maximum absolute atomic E-state index is 14.5. The second-order valence-electron chi connectivity index (χ2n) is 4.97. The molecule has 2 unspecified atom stereocenters. The number of nitrogens with zero attached hydrogens (tertiary/aromatic N) is 3. The van der Waals surface area contributed by atoms with Crippen molar-refractivity contribution >= 4 is 27.8 Å². The van der Waals surface area contributed by atoms with Crippen LogP contribution in [0.25, 0.3) is 0 Å². The van der Waals surface area contributed by atoms with Crippen molar-refractivity contribution in [3.63, 3.8) is 0 Å². The molecule has 0 radical (unpaired) electrons. The summed E-state index contributed by atoms with van der Waals surface area (Å²) < 4.78 is 63.4. The molecule has 122 valence electrons. The molecule has 0 aliphatic carbocycles. The molecule has 0 spiro atoms. The van der Waals surface area contributed by atoms with E-state index in [1.807, 2.05) is 0 Å². The number of halogens is 2. The fraction of sp³-hybridized carbons (Fsp3) is 0.600. The molecule has 3 heterocycles. The van der Waals surface area contributed by atoms with E-state index in [1.165, 1.54) is 11.6 Å². The van der Waals surface area contributed by atoms with E-state index in [9.17, 15) is 22.0 Å². The van der Waals surface area contributed by atoms with Gasteiger partial charge in [0.2, 0.25) is 0 Å². The molecule has 1 aromatic rings. The zero-order valence-electron chi connectivity index (χ0n) is 10.9. The average molecular weight is 355 g/mol. The molecule has 0 aromatic carbocycles. The summed E-state index contributed by atoms with van der Waals surface area (Å²) in [5.41, 5.74) is 0. The van der Waals surface area contributed by atoms with E-state index in [-0.39, 0.29) is 19.4 Å². The molecular weight excluding hydrogens is 344 g/mol. The van der Waals surface area contributed by atoms with E-state index in [2.05, 4.69) is 9.27 Å². The first-order valence-electron chi connectivity index (χ1n) is 6.25. The molecule has 2 aliphatic rings. The van der Waals surface area contributed by atoms with Crippen molar-refractivity contribution in [2.75, 3.05) is 6.54 Å². The molecule has 8 nitrogen and oxygen atoms in total. The van der Waals surface area contributed by atoms with E-state index in [4.69, 9.17) is 4.55 Å². The van der Waals surface area contributed by atoms with Crippen LogP contribution in [0.4, 0.5) is 13.6 Å². The van der Waals surface area contributed by atoms with Crippen LogP contribution in [-0.4, -0.2) is 52.6 Å². The van der Waals surface area contributed by atoms with Crippen LogP contribution in [0.5, 0.6) is 0 Å². The summed E-state index contributed by atoms with van der Waals surface area (Å²) in [5.74, 6) is -3.34. The Morgan fingerprint density at radius 3 is 2.77 bits per heavy atom. The summed E-state index contributed by atoms with van der Waals surface area (Å²) in [6, 6.07) is -3.14. The summed E-state index contributed by atoms with van der Waals surface area (Å²) >= 11 is 0.782. The van der Waals surface area contributed by atoms with Crippen molar-refractivity contribution < 1.29 is 30.8 Å². The van der Waals surface area contributed by atoms with Crippen molar-refractivity contribution in [1.82, 2.24) is 14.9 Å². The third kappa shape index (κ3) is 2.55. The Kier molecular flexibility index (Phi) is 3.58. The summed E-state index contributed by atoms with van der Waals surface area (Å²) in [5, 5.41) is 1.44. The first kappa shape index (κ1) is 15.5. The number of hydroxylamine groups is 2. The molecule has 2 saturated heterocycles. The Morgan fingerprint density at radius 2 is 2.18 bits per heavy atom. The van der Waals surface area contributed by atoms with Crippen molar-refractivity contribution in [2.45, 2.75) is 30.8 Å². The smallest absolute Gasteiger partial charge is 0.311 e. The maximum Gasteiger partial charge on any atom is 0.418 e. The molecule has 3 rings (SSSR count). The predicted octanol–water partition coefficient (Wildman–Crippen LogP) is 1.24. The number of rotatable bonds is 4. The first-order valence-corrected chi connectivity index (χ1v) is 8.49. The lowest BCUT2D eigenvalue weighted by Gasteiger charge is -2.34. The van der Waals surface area contributed by atoms with Gasteiger partial charge in [-0.2, -0.15) is 22.3 Å². The van der Waals surface area contributed by atoms with Crippen LogP contribution in [0.2, 0.25) is 0 Å². The largest absolute Gasteiger partial charge is 0.418 e. The van der Waals surface area contributed by atoms with Gasteiger partial charge in [-0.3, -0.25) is 4.55 Å². The van der Waals surface area contributed by atoms with Crippen LogP contribution in [0.3, 0.4) is 0 Å². The molecule has 0 saturated carbocycles. The standard InChI is InChI=1S/C10H11F2N3O5S2/c11-10(12,8-13-3-4-21-8)7-2-1-6-5-14(7)9(16)15(6)20-22(17,18)19/h3-4,6-7H,1-2,5H2,(H,17,18,19). The number of aromatic nitrogens is 1. The van der Waals surface area contributed by atoms with Gasteiger partial charge in [-0.1, -0.05) is 0 Å². The first-order chi connectivity index (χ1) is 10.2. The van der Waals surface area contributed by atoms with Gasteiger partial charge in [0.1, 0.15) is 6.04 Å². The lowest BCUT2D eigenvalue weighted by molar-refractivity contribution is -0.0830. The topological polar surface area (TPSA) is 100 Å². The Bertz CT molecular complexity index is 681. The molecule has 1 aromatic heterocycles. The number of amides is 2. The number of alkyl halides is 2. The quantitative estimate of drug-likeness (QED) is 0.816. The molecule has 1 N–H and O–H groups in total. The summed E-state index contributed by atoms with van der Waals surface area (Å²) in [6.45, 7) is -0.0972. The highest BCUT2D eigenvalue weighted by molar-refractivity contribution is 7.80. The van der Waals surface area contributed by atoms with Crippen molar-refractivity contribution in [3.05, 3.63) is 16.6 Å². The van der Waals surface area contributed by atoms with Gasteiger partial charge in [0.25, 0.3) is 0 Å². The lowest BCUT2D eigenvalue weighted by atomic mass is 9.96. The fourth-order valence-electron chi connectivity index (χ4n) is 2.74. The van der Waals surface area contributed by atoms with Gasteiger partial charge in [-0.15, -0.1) is 15.6 Å². The third-order valence-electron chi connectivity index (χ3n) is 3.63. The van der Waals surface area contributed by atoms with Crippen LogP contribution in [0.15, 0.2) is 11.6 Å². The molecule has 2 aliphatic heterocycles. The fourth-order valence-corrected chi connectivity index (χ4v) is 3.79. The van der Waals surface area contributed by atoms with E-state index < -0.39 is 39.4 Å². The van der Waals surface area contributed by atoms with Crippen LogP contribution in [0.1, 0.15) is 17.8 Å². The molecule has 22 heavy (non-hydrogen) atoms. The molecule has 2 bridgehead atoms. The van der Waals surface area contributed by atoms with Gasteiger partial charge < -0.3 is 4.90 Å². The number of hydrogen-bond acceptors (Lipinski definition) is 6. The summed E-state index contributed by atoms with van der Waals surface area (Å²) in [6.07, 6.45) is 1.34. The molecule has 2 fully saturated rings. The molecular formula is C10H11F2N3O5S2. The molecule has 2 amide bonds. The van der Waals surface area contributed by atoms with E-state index >= 15 is 0 Å². The van der Waals surface area contributed by atoms with Gasteiger partial charge in [0.15, 0.2) is 5.01 Å². The zero-order valence-corrected chi connectivity index (χ0v) is 12.6. The minimum atomic E-state index is -4.89. The highest BCUT2D eigenvalue weighted by Gasteiger charge is 2.56. The number of carbonyl (C=O) groups excluding carboxylic acids is 1. The van der Waals surface area contributed by atoms with Crippen molar-refractivity contribution in [3.8, 4) is 0 Å². The SMILES string of the molecule is O=C1N2CC(CCC2C(F)(F)c2nccs2)N1OS(=O)(=O)O. The minimum absolute atomic E-state index is 0.0334. The monoisotopic (exact) mass is 355 g/mol. The van der Waals surface area contributed by atoms with Crippen molar-refractivity contribution in [1.29, 1.82) is 0 Å². The average Bonchev–Trinajstić information content (AvgIpc) is 3.03. The highest BCUT2D eigenvalue weighted by atomic mass is 32.3. The lowest BCUT2D eigenvalue weighted by Crippen LogP contribution is -2.49. The van der Waals surface area contributed by atoms with Crippen molar-refractivity contribution in [2.24, 2.45) is 0 Å². The second kappa shape index (κ2) is 5.08. The number of hydrogen-bond donors (Lipinski definition) is 1. The predicted molar refractivity (Wildman–Crippen MR) is 69.4 cm³/mol. The number of carbonyl (C=O) groups is 1. The van der Waals surface area contributed by atoms with E-state index in [0.717, 1.165) is 16.2 Å². The number of piperidine rings is 1. The Morgan fingerprint density at radius 1 is 1.45 bits per heavy atom. The van der Waals surface area contributed by atoms with Gasteiger partial charge in [0, 0.05) is 18.1 Å². The normalized spacial score (nSPS) is 25.9. The van der Waals surface area contributed by atoms with Crippen LogP contribution in [0, 0.1) is 0 Å². The zero-order chi connectivity index (χ0) is 16.1. The number of fused-ring (bicyclic) bond motifs is 2. The summed E-state index contributed by atoms with van der Waals surface area (Å²) in [7, 11) is -4.89. The Labute approximate surface area is 128 Å². The van der Waals surface area contributed by atoms with E-state index in [1.54, 1.807) is 0 Å². The second-order valence-corrected chi connectivity index (χ2v) is 6.87. The van der Waals surface area contributed by atoms with Gasteiger partial charge in [-0.25, -0.2) is 9.78 Å². The van der Waals surface area contributed by atoms with Gasteiger partial charge in [0.05, 0.1) is 6.04 Å². The third-order valence-corrected chi connectivity index (χ3v) is 4.84. The molecule has 12 heteroatoms. The van der Waals surface area contributed by atoms with E-state index in [0.29, 0.717) is 5.06 Å².